The van der Waals surface area contributed by atoms with E-state index in [4.69, 9.17) is 16.9 Å². The molecule has 0 saturated heterocycles. The number of anilines is 1. The van der Waals surface area contributed by atoms with E-state index >= 15 is 0 Å². The molecule has 1 aromatic heterocycles. The van der Waals surface area contributed by atoms with Crippen LogP contribution in [0.25, 0.3) is 0 Å². The van der Waals surface area contributed by atoms with Crippen LogP contribution in [0.2, 0.25) is 4.34 Å². The molecule has 2 heterocycles. The number of rotatable bonds is 5. The quantitative estimate of drug-likeness (QED) is 0.596. The second-order valence-electron chi connectivity index (χ2n) is 6.64. The van der Waals surface area contributed by atoms with Gasteiger partial charge in [0.25, 0.3) is 17.7 Å². The molecule has 0 unspecified atom stereocenters. The van der Waals surface area contributed by atoms with Gasteiger partial charge in [0.2, 0.25) is 0 Å². The molecule has 0 spiro atoms. The van der Waals surface area contributed by atoms with Crippen molar-refractivity contribution in [3.63, 3.8) is 0 Å². The largest absolute Gasteiger partial charge is 0.321 e. The summed E-state index contributed by atoms with van der Waals surface area (Å²) in [6.07, 6.45) is 0.249. The second kappa shape index (κ2) is 8.11. The minimum absolute atomic E-state index is 0.0829. The fourth-order valence-electron chi connectivity index (χ4n) is 3.31. The van der Waals surface area contributed by atoms with Crippen molar-refractivity contribution >= 4 is 46.3 Å². The summed E-state index contributed by atoms with van der Waals surface area (Å²) in [5, 5.41) is 11.6. The van der Waals surface area contributed by atoms with Gasteiger partial charge in [-0.2, -0.15) is 5.26 Å². The number of fused-ring (bicyclic) bond motifs is 1. The van der Waals surface area contributed by atoms with E-state index in [1.54, 1.807) is 48.5 Å². The molecule has 0 radical (unpaired) electrons. The molecule has 1 aliphatic heterocycles. The second-order valence-corrected chi connectivity index (χ2v) is 8.35. The third-order valence-electron chi connectivity index (χ3n) is 4.66. The molecule has 6 nitrogen and oxygen atoms in total. The summed E-state index contributed by atoms with van der Waals surface area (Å²) >= 11 is 7.01. The lowest BCUT2D eigenvalue weighted by atomic mass is 10.1. The van der Waals surface area contributed by atoms with E-state index in [-0.39, 0.29) is 29.8 Å². The molecule has 3 amide bonds. The molecule has 0 bridgehead atoms. The SMILES string of the molecule is N#CCc1cccc(CN2C(=O)c3cccc(NC(=O)c4ccc(Cl)s4)c3C2=O)c1. The van der Waals surface area contributed by atoms with E-state index in [9.17, 15) is 14.4 Å². The van der Waals surface area contributed by atoms with Crippen molar-refractivity contribution < 1.29 is 14.4 Å². The van der Waals surface area contributed by atoms with Gasteiger partial charge in [-0.1, -0.05) is 41.9 Å². The molecular formula is C22H14ClN3O3S. The Morgan fingerprint density at radius 3 is 2.57 bits per heavy atom. The number of nitrogens with one attached hydrogen (secondary N) is 1. The molecule has 30 heavy (non-hydrogen) atoms. The van der Waals surface area contributed by atoms with E-state index in [2.05, 4.69) is 11.4 Å². The zero-order valence-electron chi connectivity index (χ0n) is 15.5. The van der Waals surface area contributed by atoms with Crippen molar-refractivity contribution in [1.29, 1.82) is 5.26 Å². The molecule has 4 rings (SSSR count). The van der Waals surface area contributed by atoms with Crippen molar-refractivity contribution in [3.8, 4) is 6.07 Å². The Morgan fingerprint density at radius 2 is 1.83 bits per heavy atom. The summed E-state index contributed by atoms with van der Waals surface area (Å²) in [5.41, 5.74) is 2.26. The number of nitrogens with zero attached hydrogens (tertiary/aromatic N) is 2. The van der Waals surface area contributed by atoms with Gasteiger partial charge in [-0.3, -0.25) is 19.3 Å². The number of imide groups is 1. The normalized spacial score (nSPS) is 12.6. The summed E-state index contributed by atoms with van der Waals surface area (Å²) in [6.45, 7) is 0.0829. The molecule has 3 aromatic rings. The van der Waals surface area contributed by atoms with Crippen LogP contribution < -0.4 is 5.32 Å². The Morgan fingerprint density at radius 1 is 1.07 bits per heavy atom. The van der Waals surface area contributed by atoms with Crippen molar-refractivity contribution in [3.05, 3.63) is 86.1 Å². The van der Waals surface area contributed by atoms with E-state index in [1.807, 2.05) is 6.07 Å². The molecule has 0 atom stereocenters. The van der Waals surface area contributed by atoms with Crippen LogP contribution in [0.15, 0.2) is 54.6 Å². The first kappa shape index (κ1) is 19.8. The molecule has 1 aliphatic rings. The van der Waals surface area contributed by atoms with Gasteiger partial charge in [-0.25, -0.2) is 0 Å². The third-order valence-corrected chi connectivity index (χ3v) is 5.89. The first-order chi connectivity index (χ1) is 14.5. The van der Waals surface area contributed by atoms with E-state index in [0.717, 1.165) is 27.4 Å². The molecule has 0 fully saturated rings. The lowest BCUT2D eigenvalue weighted by Gasteiger charge is -2.14. The van der Waals surface area contributed by atoms with Gasteiger partial charge in [-0.15, -0.1) is 11.3 Å². The number of carbonyl (C=O) groups is 3. The molecule has 0 saturated carbocycles. The van der Waals surface area contributed by atoms with Gasteiger partial charge >= 0.3 is 0 Å². The van der Waals surface area contributed by atoms with Gasteiger partial charge in [0, 0.05) is 0 Å². The van der Waals surface area contributed by atoms with Gasteiger partial charge < -0.3 is 5.32 Å². The first-order valence-corrected chi connectivity index (χ1v) is 10.2. The maximum Gasteiger partial charge on any atom is 0.265 e. The van der Waals surface area contributed by atoms with Crippen LogP contribution in [-0.4, -0.2) is 22.6 Å². The number of thiophene rings is 1. The first-order valence-electron chi connectivity index (χ1n) is 8.98. The van der Waals surface area contributed by atoms with Crippen LogP contribution in [0.5, 0.6) is 0 Å². The van der Waals surface area contributed by atoms with Gasteiger partial charge in [0.1, 0.15) is 0 Å². The standard InChI is InChI=1S/C22H14ClN3O3S/c23-18-8-7-17(30-18)20(27)25-16-6-2-5-15-19(16)22(29)26(21(15)28)12-14-4-1-3-13(11-14)9-10-24/h1-8,11H,9,12H2,(H,25,27). The van der Waals surface area contributed by atoms with Crippen LogP contribution in [0, 0.1) is 11.3 Å². The minimum Gasteiger partial charge on any atom is -0.321 e. The number of halogens is 1. The molecule has 8 heteroatoms. The van der Waals surface area contributed by atoms with Crippen molar-refractivity contribution in [2.75, 3.05) is 5.32 Å². The number of hydrogen-bond acceptors (Lipinski definition) is 5. The lowest BCUT2D eigenvalue weighted by molar-refractivity contribution is 0.0642. The smallest absolute Gasteiger partial charge is 0.265 e. The zero-order valence-corrected chi connectivity index (χ0v) is 17.1. The van der Waals surface area contributed by atoms with Crippen LogP contribution in [0.1, 0.15) is 41.5 Å². The van der Waals surface area contributed by atoms with Crippen LogP contribution in [0.4, 0.5) is 5.69 Å². The monoisotopic (exact) mass is 435 g/mol. The predicted molar refractivity (Wildman–Crippen MR) is 114 cm³/mol. The van der Waals surface area contributed by atoms with Gasteiger partial charge in [0.15, 0.2) is 0 Å². The van der Waals surface area contributed by atoms with E-state index in [1.165, 1.54) is 0 Å². The molecule has 1 N–H and O–H groups in total. The maximum absolute atomic E-state index is 13.0. The summed E-state index contributed by atoms with van der Waals surface area (Å²) in [5.74, 6) is -1.29. The number of amides is 3. The van der Waals surface area contributed by atoms with Crippen LogP contribution in [0.3, 0.4) is 0 Å². The highest BCUT2D eigenvalue weighted by molar-refractivity contribution is 7.18. The maximum atomic E-state index is 13.0. The molecule has 0 aliphatic carbocycles. The highest BCUT2D eigenvalue weighted by Gasteiger charge is 2.37. The number of nitriles is 1. The number of benzene rings is 2. The Labute approximate surface area is 181 Å². The highest BCUT2D eigenvalue weighted by Crippen LogP contribution is 2.31. The zero-order chi connectivity index (χ0) is 21.3. The topological polar surface area (TPSA) is 90.3 Å². The summed E-state index contributed by atoms with van der Waals surface area (Å²) < 4.78 is 0.481. The Bertz CT molecular complexity index is 1230. The van der Waals surface area contributed by atoms with Crippen molar-refractivity contribution in [2.24, 2.45) is 0 Å². The van der Waals surface area contributed by atoms with E-state index in [0.29, 0.717) is 9.21 Å². The summed E-state index contributed by atoms with van der Waals surface area (Å²) in [4.78, 5) is 39.9. The minimum atomic E-state index is -0.471. The van der Waals surface area contributed by atoms with Crippen LogP contribution >= 0.6 is 22.9 Å². The molecule has 2 aromatic carbocycles. The third kappa shape index (κ3) is 3.71. The Kier molecular flexibility index (Phi) is 5.36. The Balaban J connectivity index is 1.60. The number of hydrogen-bond donors (Lipinski definition) is 1. The fraction of sp³-hybridized carbons (Fsp3) is 0.0909. The molecular weight excluding hydrogens is 422 g/mol. The fourth-order valence-corrected chi connectivity index (χ4v) is 4.25. The van der Waals surface area contributed by atoms with Crippen LogP contribution in [-0.2, 0) is 13.0 Å². The Hall–Kier alpha value is -3.47. The number of carbonyl (C=O) groups excluding carboxylic acids is 3. The van der Waals surface area contributed by atoms with E-state index < -0.39 is 17.7 Å². The average molecular weight is 436 g/mol. The average Bonchev–Trinajstić information content (AvgIpc) is 3.27. The summed E-state index contributed by atoms with van der Waals surface area (Å²) in [6, 6.07) is 17.3. The van der Waals surface area contributed by atoms with Gasteiger partial charge in [-0.05, 0) is 35.4 Å². The molecule has 148 valence electrons. The van der Waals surface area contributed by atoms with Gasteiger partial charge in [0.05, 0.1) is 45.1 Å². The van der Waals surface area contributed by atoms with Crippen molar-refractivity contribution in [2.45, 2.75) is 13.0 Å². The predicted octanol–water partition coefficient (Wildman–Crippen LogP) is 4.52. The van der Waals surface area contributed by atoms with Crippen molar-refractivity contribution in [1.82, 2.24) is 4.90 Å². The lowest BCUT2D eigenvalue weighted by Crippen LogP contribution is -2.29. The highest BCUT2D eigenvalue weighted by atomic mass is 35.5. The summed E-state index contributed by atoms with van der Waals surface area (Å²) in [7, 11) is 0.